The van der Waals surface area contributed by atoms with Crippen LogP contribution < -0.4 is 10.6 Å². The van der Waals surface area contributed by atoms with E-state index in [9.17, 15) is 8.42 Å². The summed E-state index contributed by atoms with van der Waals surface area (Å²) in [5.41, 5.74) is 1.03. The predicted molar refractivity (Wildman–Crippen MR) is 105 cm³/mol. The highest BCUT2D eigenvalue weighted by molar-refractivity contribution is 7.90. The highest BCUT2D eigenvalue weighted by Crippen LogP contribution is 2.26. The van der Waals surface area contributed by atoms with Gasteiger partial charge in [-0.1, -0.05) is 25.0 Å². The molecular formula is C19H30N4O2S. The van der Waals surface area contributed by atoms with Crippen molar-refractivity contribution < 1.29 is 8.42 Å². The van der Waals surface area contributed by atoms with Crippen molar-refractivity contribution in [2.45, 2.75) is 55.6 Å². The largest absolute Gasteiger partial charge is 0.352 e. The van der Waals surface area contributed by atoms with Crippen LogP contribution in [0.25, 0.3) is 0 Å². The summed E-state index contributed by atoms with van der Waals surface area (Å²) in [6, 6.07) is 8.21. The van der Waals surface area contributed by atoms with Gasteiger partial charge in [-0.05, 0) is 37.0 Å². The van der Waals surface area contributed by atoms with Crippen LogP contribution in [0.4, 0.5) is 0 Å². The number of hydrogen-bond acceptors (Lipinski definition) is 4. The van der Waals surface area contributed by atoms with Gasteiger partial charge in [0, 0.05) is 45.0 Å². The molecule has 1 unspecified atom stereocenters. The minimum absolute atomic E-state index is 0.349. The van der Waals surface area contributed by atoms with Crippen molar-refractivity contribution in [3.05, 3.63) is 29.8 Å². The molecule has 1 aromatic carbocycles. The van der Waals surface area contributed by atoms with Crippen molar-refractivity contribution in [1.82, 2.24) is 15.5 Å². The van der Waals surface area contributed by atoms with Gasteiger partial charge in [0.1, 0.15) is 0 Å². The van der Waals surface area contributed by atoms with E-state index < -0.39 is 9.84 Å². The van der Waals surface area contributed by atoms with E-state index in [1.807, 2.05) is 12.1 Å². The van der Waals surface area contributed by atoms with Crippen LogP contribution in [0, 0.1) is 0 Å². The highest BCUT2D eigenvalue weighted by atomic mass is 32.2. The third-order valence-electron chi connectivity index (χ3n) is 5.44. The molecule has 2 N–H and O–H groups in total. The van der Waals surface area contributed by atoms with Gasteiger partial charge in [0.25, 0.3) is 0 Å². The normalized spacial score (nSPS) is 22.7. The van der Waals surface area contributed by atoms with E-state index in [1.165, 1.54) is 38.5 Å². The molecule has 1 saturated carbocycles. The molecule has 6 nitrogen and oxygen atoms in total. The first-order valence-corrected chi connectivity index (χ1v) is 11.3. The standard InChI is InChI=1S/C19H30N4O2S/c1-20-19(21-13-15-7-9-18(10-8-15)26(2,24)25)22-16-11-12-23(14-16)17-5-3-4-6-17/h7-10,16-17H,3-6,11-14H2,1-2H3,(H2,20,21,22). The molecule has 1 aromatic rings. The molecule has 1 aliphatic carbocycles. The lowest BCUT2D eigenvalue weighted by Crippen LogP contribution is -2.45. The smallest absolute Gasteiger partial charge is 0.191 e. The topological polar surface area (TPSA) is 73.8 Å². The minimum Gasteiger partial charge on any atom is -0.352 e. The van der Waals surface area contributed by atoms with Crippen LogP contribution in [0.2, 0.25) is 0 Å². The second-order valence-corrected chi connectivity index (χ2v) is 9.42. The highest BCUT2D eigenvalue weighted by Gasteiger charge is 2.30. The zero-order valence-electron chi connectivity index (χ0n) is 15.7. The second-order valence-electron chi connectivity index (χ2n) is 7.41. The monoisotopic (exact) mass is 378 g/mol. The number of nitrogens with zero attached hydrogens (tertiary/aromatic N) is 2. The molecule has 1 atom stereocenters. The Labute approximate surface area is 157 Å². The third-order valence-corrected chi connectivity index (χ3v) is 6.57. The van der Waals surface area contributed by atoms with Crippen molar-refractivity contribution in [3.8, 4) is 0 Å². The predicted octanol–water partition coefficient (Wildman–Crippen LogP) is 1.77. The molecule has 0 bridgehead atoms. The van der Waals surface area contributed by atoms with Crippen molar-refractivity contribution in [2.75, 3.05) is 26.4 Å². The summed E-state index contributed by atoms with van der Waals surface area (Å²) in [5.74, 6) is 0.801. The molecule has 26 heavy (non-hydrogen) atoms. The fourth-order valence-corrected chi connectivity index (χ4v) is 4.56. The molecule has 144 valence electrons. The molecule has 1 saturated heterocycles. The number of nitrogens with one attached hydrogen (secondary N) is 2. The van der Waals surface area contributed by atoms with Crippen LogP contribution in [-0.2, 0) is 16.4 Å². The quantitative estimate of drug-likeness (QED) is 0.603. The van der Waals surface area contributed by atoms with E-state index in [4.69, 9.17) is 0 Å². The Morgan fingerprint density at radius 2 is 1.88 bits per heavy atom. The van der Waals surface area contributed by atoms with E-state index in [0.717, 1.165) is 30.5 Å². The minimum atomic E-state index is -3.14. The first-order chi connectivity index (χ1) is 12.5. The average molecular weight is 379 g/mol. The maximum absolute atomic E-state index is 11.5. The van der Waals surface area contributed by atoms with Gasteiger partial charge < -0.3 is 10.6 Å². The van der Waals surface area contributed by atoms with E-state index in [-0.39, 0.29) is 0 Å². The Bertz CT molecular complexity index is 724. The summed E-state index contributed by atoms with van der Waals surface area (Å²) in [4.78, 5) is 7.30. The fraction of sp³-hybridized carbons (Fsp3) is 0.632. The van der Waals surface area contributed by atoms with Crippen molar-refractivity contribution in [1.29, 1.82) is 0 Å². The van der Waals surface area contributed by atoms with Gasteiger partial charge in [0.2, 0.25) is 0 Å². The number of benzene rings is 1. The molecule has 1 heterocycles. The molecule has 2 fully saturated rings. The number of rotatable bonds is 5. The lowest BCUT2D eigenvalue weighted by molar-refractivity contribution is 0.242. The summed E-state index contributed by atoms with van der Waals surface area (Å²) in [6.07, 6.45) is 7.83. The Balaban J connectivity index is 1.48. The van der Waals surface area contributed by atoms with Crippen molar-refractivity contribution >= 4 is 15.8 Å². The average Bonchev–Trinajstić information content (AvgIpc) is 3.29. The zero-order chi connectivity index (χ0) is 18.6. The van der Waals surface area contributed by atoms with Gasteiger partial charge in [-0.3, -0.25) is 9.89 Å². The van der Waals surface area contributed by atoms with Gasteiger partial charge >= 0.3 is 0 Å². The SMILES string of the molecule is CN=C(NCc1ccc(S(C)(=O)=O)cc1)NC1CCN(C2CCCC2)C1. The van der Waals surface area contributed by atoms with E-state index in [1.54, 1.807) is 19.2 Å². The van der Waals surface area contributed by atoms with Crippen LogP contribution in [0.3, 0.4) is 0 Å². The number of sulfone groups is 1. The number of hydrogen-bond donors (Lipinski definition) is 2. The van der Waals surface area contributed by atoms with E-state index in [0.29, 0.717) is 17.5 Å². The van der Waals surface area contributed by atoms with Gasteiger partial charge in [-0.15, -0.1) is 0 Å². The van der Waals surface area contributed by atoms with Crippen LogP contribution in [0.5, 0.6) is 0 Å². The summed E-state index contributed by atoms with van der Waals surface area (Å²) in [6.45, 7) is 2.88. The summed E-state index contributed by atoms with van der Waals surface area (Å²) in [5, 5.41) is 6.85. The molecule has 0 aromatic heterocycles. The fourth-order valence-electron chi connectivity index (χ4n) is 3.93. The zero-order valence-corrected chi connectivity index (χ0v) is 16.6. The molecule has 2 aliphatic rings. The van der Waals surface area contributed by atoms with Gasteiger partial charge in [0.05, 0.1) is 4.90 Å². The molecule has 0 spiro atoms. The second kappa shape index (κ2) is 8.39. The number of guanidine groups is 1. The molecule has 7 heteroatoms. The summed E-state index contributed by atoms with van der Waals surface area (Å²) >= 11 is 0. The summed E-state index contributed by atoms with van der Waals surface area (Å²) < 4.78 is 23.0. The maximum atomic E-state index is 11.5. The molecule has 0 amide bonds. The Morgan fingerprint density at radius 3 is 2.50 bits per heavy atom. The first-order valence-electron chi connectivity index (χ1n) is 9.46. The lowest BCUT2D eigenvalue weighted by atomic mass is 10.2. The van der Waals surface area contributed by atoms with Gasteiger partial charge in [0.15, 0.2) is 15.8 Å². The molecule has 0 radical (unpaired) electrons. The molecule has 3 rings (SSSR count). The lowest BCUT2D eigenvalue weighted by Gasteiger charge is -2.24. The Kier molecular flexibility index (Phi) is 6.19. The molecular weight excluding hydrogens is 348 g/mol. The van der Waals surface area contributed by atoms with Gasteiger partial charge in [-0.2, -0.15) is 0 Å². The number of likely N-dealkylation sites (tertiary alicyclic amines) is 1. The third kappa shape index (κ3) is 4.98. The first kappa shape index (κ1) is 19.2. The van der Waals surface area contributed by atoms with Crippen LogP contribution >= 0.6 is 0 Å². The summed E-state index contributed by atoms with van der Waals surface area (Å²) in [7, 11) is -1.36. The maximum Gasteiger partial charge on any atom is 0.191 e. The van der Waals surface area contributed by atoms with Crippen LogP contribution in [0.1, 0.15) is 37.7 Å². The Hall–Kier alpha value is -1.60. The van der Waals surface area contributed by atoms with Crippen LogP contribution in [0.15, 0.2) is 34.2 Å². The number of aliphatic imine (C=N–C) groups is 1. The van der Waals surface area contributed by atoms with Crippen LogP contribution in [-0.4, -0.2) is 57.8 Å². The van der Waals surface area contributed by atoms with E-state index in [2.05, 4.69) is 20.5 Å². The Morgan fingerprint density at radius 1 is 1.19 bits per heavy atom. The van der Waals surface area contributed by atoms with Gasteiger partial charge in [-0.25, -0.2) is 8.42 Å². The van der Waals surface area contributed by atoms with Crippen molar-refractivity contribution in [2.24, 2.45) is 4.99 Å². The van der Waals surface area contributed by atoms with E-state index >= 15 is 0 Å². The van der Waals surface area contributed by atoms with Crippen molar-refractivity contribution in [3.63, 3.8) is 0 Å². The molecule has 1 aliphatic heterocycles.